The van der Waals surface area contributed by atoms with Gasteiger partial charge < -0.3 is 10.2 Å². The van der Waals surface area contributed by atoms with E-state index < -0.39 is 0 Å². The molecule has 3 rings (SSSR count). The maximum Gasteiger partial charge on any atom is 0.229 e. The first-order valence-electron chi connectivity index (χ1n) is 7.15. The van der Waals surface area contributed by atoms with Crippen LogP contribution in [-0.2, 0) is 0 Å². The molecule has 20 heavy (non-hydrogen) atoms. The lowest BCUT2D eigenvalue weighted by molar-refractivity contribution is 0.923. The van der Waals surface area contributed by atoms with Gasteiger partial charge in [-0.3, -0.25) is 0 Å². The monoisotopic (exact) mass is 268 g/mol. The Labute approximate surface area is 119 Å². The van der Waals surface area contributed by atoms with Crippen LogP contribution in [0.15, 0.2) is 30.3 Å². The van der Waals surface area contributed by atoms with E-state index in [1.165, 1.54) is 18.4 Å². The molecule has 0 atom stereocenters. The van der Waals surface area contributed by atoms with Crippen LogP contribution in [0.25, 0.3) is 0 Å². The average Bonchev–Trinajstić information content (AvgIpc) is 2.91. The second kappa shape index (κ2) is 5.49. The number of rotatable bonds is 3. The number of aromatic nitrogens is 2. The zero-order chi connectivity index (χ0) is 13.9. The summed E-state index contributed by atoms with van der Waals surface area (Å²) in [5.41, 5.74) is 3.25. The number of nitrogens with zero attached hydrogens (tertiary/aromatic N) is 3. The fraction of sp³-hybridized carbons (Fsp3) is 0.375. The molecule has 0 bridgehead atoms. The van der Waals surface area contributed by atoms with Crippen LogP contribution in [0.4, 0.5) is 17.5 Å². The maximum absolute atomic E-state index is 4.64. The minimum atomic E-state index is 0.678. The van der Waals surface area contributed by atoms with Gasteiger partial charge in [-0.2, -0.15) is 4.98 Å². The van der Waals surface area contributed by atoms with E-state index in [2.05, 4.69) is 45.3 Å². The molecular formula is C16H20N4. The zero-order valence-electron chi connectivity index (χ0n) is 12.1. The van der Waals surface area contributed by atoms with E-state index in [0.29, 0.717) is 5.95 Å². The molecule has 0 aliphatic carbocycles. The topological polar surface area (TPSA) is 41.1 Å². The highest BCUT2D eigenvalue weighted by atomic mass is 15.2. The third-order valence-electron chi connectivity index (χ3n) is 3.54. The highest BCUT2D eigenvalue weighted by Crippen LogP contribution is 2.21. The lowest BCUT2D eigenvalue weighted by Crippen LogP contribution is -2.19. The second-order valence-corrected chi connectivity index (χ2v) is 5.38. The molecule has 0 saturated carbocycles. The van der Waals surface area contributed by atoms with Crippen LogP contribution >= 0.6 is 0 Å². The SMILES string of the molecule is Cc1cccc(Nc2nc(C)cc(N3CCCC3)n2)c1. The van der Waals surface area contributed by atoms with Crippen LogP contribution in [0, 0.1) is 13.8 Å². The second-order valence-electron chi connectivity index (χ2n) is 5.38. The summed E-state index contributed by atoms with van der Waals surface area (Å²) in [7, 11) is 0. The fourth-order valence-electron chi connectivity index (χ4n) is 2.57. The van der Waals surface area contributed by atoms with Crippen LogP contribution in [0.3, 0.4) is 0 Å². The molecule has 0 amide bonds. The van der Waals surface area contributed by atoms with Crippen LogP contribution < -0.4 is 10.2 Å². The molecule has 1 N–H and O–H groups in total. The summed E-state index contributed by atoms with van der Waals surface area (Å²) < 4.78 is 0. The molecule has 1 aliphatic rings. The van der Waals surface area contributed by atoms with Crippen molar-refractivity contribution in [3.63, 3.8) is 0 Å². The largest absolute Gasteiger partial charge is 0.356 e. The van der Waals surface area contributed by atoms with Gasteiger partial charge in [0.25, 0.3) is 0 Å². The normalized spacial score (nSPS) is 14.6. The Bertz CT molecular complexity index is 603. The Morgan fingerprint density at radius 2 is 1.85 bits per heavy atom. The first kappa shape index (κ1) is 12.9. The number of aryl methyl sites for hydroxylation is 2. The lowest BCUT2D eigenvalue weighted by Gasteiger charge is -2.17. The minimum absolute atomic E-state index is 0.678. The standard InChI is InChI=1S/C16H20N4/c1-12-6-5-7-14(10-12)18-16-17-13(2)11-15(19-16)20-8-3-4-9-20/h5-7,10-11H,3-4,8-9H2,1-2H3,(H,17,18,19). The Morgan fingerprint density at radius 3 is 2.60 bits per heavy atom. The number of hydrogen-bond donors (Lipinski definition) is 1. The molecule has 1 aromatic heterocycles. The summed E-state index contributed by atoms with van der Waals surface area (Å²) in [5.74, 6) is 1.71. The summed E-state index contributed by atoms with van der Waals surface area (Å²) >= 11 is 0. The molecule has 1 fully saturated rings. The Morgan fingerprint density at radius 1 is 1.05 bits per heavy atom. The molecule has 1 aromatic carbocycles. The van der Waals surface area contributed by atoms with Gasteiger partial charge in [-0.25, -0.2) is 4.98 Å². The third-order valence-corrected chi connectivity index (χ3v) is 3.54. The molecule has 2 aromatic rings. The van der Waals surface area contributed by atoms with Crippen molar-refractivity contribution in [2.75, 3.05) is 23.3 Å². The zero-order valence-corrected chi connectivity index (χ0v) is 12.1. The first-order chi connectivity index (χ1) is 9.70. The number of benzene rings is 1. The quantitative estimate of drug-likeness (QED) is 0.926. The summed E-state index contributed by atoms with van der Waals surface area (Å²) in [6.45, 7) is 6.29. The molecule has 4 nitrogen and oxygen atoms in total. The fourth-order valence-corrected chi connectivity index (χ4v) is 2.57. The van der Waals surface area contributed by atoms with Crippen molar-refractivity contribution in [1.82, 2.24) is 9.97 Å². The number of nitrogens with one attached hydrogen (secondary N) is 1. The molecule has 0 spiro atoms. The maximum atomic E-state index is 4.64. The predicted octanol–water partition coefficient (Wildman–Crippen LogP) is 3.44. The molecule has 0 radical (unpaired) electrons. The van der Waals surface area contributed by atoms with Gasteiger partial charge in [0, 0.05) is 30.5 Å². The van der Waals surface area contributed by atoms with E-state index in [0.717, 1.165) is 30.3 Å². The number of anilines is 3. The number of hydrogen-bond acceptors (Lipinski definition) is 4. The van der Waals surface area contributed by atoms with Crippen molar-refractivity contribution >= 4 is 17.5 Å². The van der Waals surface area contributed by atoms with Crippen LogP contribution in [-0.4, -0.2) is 23.1 Å². The molecule has 1 saturated heterocycles. The van der Waals surface area contributed by atoms with Gasteiger partial charge in [0.1, 0.15) is 5.82 Å². The van der Waals surface area contributed by atoms with E-state index in [4.69, 9.17) is 0 Å². The smallest absolute Gasteiger partial charge is 0.229 e. The Kier molecular flexibility index (Phi) is 3.54. The van der Waals surface area contributed by atoms with Crippen molar-refractivity contribution in [1.29, 1.82) is 0 Å². The lowest BCUT2D eigenvalue weighted by atomic mass is 10.2. The van der Waals surface area contributed by atoms with Crippen molar-refractivity contribution < 1.29 is 0 Å². The van der Waals surface area contributed by atoms with Crippen LogP contribution in [0.5, 0.6) is 0 Å². The van der Waals surface area contributed by atoms with Crippen molar-refractivity contribution in [2.45, 2.75) is 26.7 Å². The first-order valence-corrected chi connectivity index (χ1v) is 7.15. The van der Waals surface area contributed by atoms with E-state index in [9.17, 15) is 0 Å². The van der Waals surface area contributed by atoms with Gasteiger partial charge >= 0.3 is 0 Å². The minimum Gasteiger partial charge on any atom is -0.356 e. The van der Waals surface area contributed by atoms with Gasteiger partial charge in [0.2, 0.25) is 5.95 Å². The highest BCUT2D eigenvalue weighted by molar-refractivity contribution is 5.56. The van der Waals surface area contributed by atoms with Crippen molar-refractivity contribution in [3.8, 4) is 0 Å². The van der Waals surface area contributed by atoms with Gasteiger partial charge in [0.05, 0.1) is 0 Å². The Balaban J connectivity index is 1.85. The summed E-state index contributed by atoms with van der Waals surface area (Å²) in [6, 6.07) is 10.3. The van der Waals surface area contributed by atoms with Crippen molar-refractivity contribution in [3.05, 3.63) is 41.6 Å². The van der Waals surface area contributed by atoms with Gasteiger partial charge in [-0.15, -0.1) is 0 Å². The van der Waals surface area contributed by atoms with Gasteiger partial charge in [0.15, 0.2) is 0 Å². The summed E-state index contributed by atoms with van der Waals surface area (Å²) in [6.07, 6.45) is 2.51. The summed E-state index contributed by atoms with van der Waals surface area (Å²) in [5, 5.41) is 3.30. The molecule has 0 unspecified atom stereocenters. The van der Waals surface area contributed by atoms with Crippen molar-refractivity contribution in [2.24, 2.45) is 0 Å². The molecule has 2 heterocycles. The molecule has 4 heteroatoms. The van der Waals surface area contributed by atoms with E-state index >= 15 is 0 Å². The molecule has 104 valence electrons. The highest BCUT2D eigenvalue weighted by Gasteiger charge is 2.15. The molecular weight excluding hydrogens is 248 g/mol. The van der Waals surface area contributed by atoms with Gasteiger partial charge in [-0.05, 0) is 44.4 Å². The third kappa shape index (κ3) is 2.90. The molecule has 1 aliphatic heterocycles. The predicted molar refractivity (Wildman–Crippen MR) is 82.7 cm³/mol. The van der Waals surface area contributed by atoms with Crippen LogP contribution in [0.1, 0.15) is 24.1 Å². The Hall–Kier alpha value is -2.10. The van der Waals surface area contributed by atoms with Crippen LogP contribution in [0.2, 0.25) is 0 Å². The summed E-state index contributed by atoms with van der Waals surface area (Å²) in [4.78, 5) is 11.5. The van der Waals surface area contributed by atoms with E-state index in [1.54, 1.807) is 0 Å². The average molecular weight is 268 g/mol. The van der Waals surface area contributed by atoms with Gasteiger partial charge in [-0.1, -0.05) is 12.1 Å². The van der Waals surface area contributed by atoms with E-state index in [1.807, 2.05) is 19.1 Å². The van der Waals surface area contributed by atoms with E-state index in [-0.39, 0.29) is 0 Å².